The van der Waals surface area contributed by atoms with Gasteiger partial charge in [-0.25, -0.2) is 0 Å². The lowest BCUT2D eigenvalue weighted by Crippen LogP contribution is -2.33. The molecule has 0 radical (unpaired) electrons. The molecular formula is C13H11ClN4O2S. The first-order valence-electron chi connectivity index (χ1n) is 5.88. The second-order valence-corrected chi connectivity index (χ2v) is 4.81. The molecule has 0 unspecified atom stereocenters. The van der Waals surface area contributed by atoms with Crippen molar-refractivity contribution in [3.05, 3.63) is 63.7 Å². The van der Waals surface area contributed by atoms with E-state index in [2.05, 4.69) is 16.2 Å². The smallest absolute Gasteiger partial charge is 0.271 e. The highest BCUT2D eigenvalue weighted by atomic mass is 35.5. The van der Waals surface area contributed by atoms with E-state index in [0.29, 0.717) is 10.7 Å². The molecule has 0 aromatic heterocycles. The predicted molar refractivity (Wildman–Crippen MR) is 87.5 cm³/mol. The van der Waals surface area contributed by atoms with Crippen LogP contribution < -0.4 is 16.2 Å². The van der Waals surface area contributed by atoms with Gasteiger partial charge in [0.05, 0.1) is 21.3 Å². The number of anilines is 2. The van der Waals surface area contributed by atoms with Crippen molar-refractivity contribution in [1.29, 1.82) is 0 Å². The topological polar surface area (TPSA) is 79.2 Å². The standard InChI is InChI=1S/C13H11ClN4O2S/c14-11-7-6-10(18(19)20)8-12(11)15-13(21)17-16-9-4-2-1-3-5-9/h1-8,16H,(H2,15,17,21). The average Bonchev–Trinajstić information content (AvgIpc) is 2.48. The summed E-state index contributed by atoms with van der Waals surface area (Å²) >= 11 is 11.1. The molecule has 2 aromatic rings. The molecule has 2 rings (SSSR count). The van der Waals surface area contributed by atoms with Gasteiger partial charge in [0, 0.05) is 12.1 Å². The number of nitro benzene ring substituents is 1. The molecule has 0 heterocycles. The van der Waals surface area contributed by atoms with Crippen molar-refractivity contribution in [1.82, 2.24) is 5.43 Å². The van der Waals surface area contributed by atoms with Gasteiger partial charge in [-0.1, -0.05) is 29.8 Å². The number of non-ortho nitro benzene ring substituents is 1. The Morgan fingerprint density at radius 1 is 1.19 bits per heavy atom. The van der Waals surface area contributed by atoms with Crippen LogP contribution in [0.2, 0.25) is 5.02 Å². The van der Waals surface area contributed by atoms with E-state index >= 15 is 0 Å². The molecule has 0 aliphatic carbocycles. The van der Waals surface area contributed by atoms with Gasteiger partial charge in [0.2, 0.25) is 0 Å². The van der Waals surface area contributed by atoms with E-state index in [1.54, 1.807) is 0 Å². The van der Waals surface area contributed by atoms with Gasteiger partial charge in [-0.05, 0) is 30.4 Å². The van der Waals surface area contributed by atoms with Crippen LogP contribution in [0, 0.1) is 10.1 Å². The van der Waals surface area contributed by atoms with Crippen LogP contribution in [0.3, 0.4) is 0 Å². The Balaban J connectivity index is 1.99. The number of thiocarbonyl (C=S) groups is 1. The van der Waals surface area contributed by atoms with Crippen LogP contribution in [0.4, 0.5) is 17.1 Å². The van der Waals surface area contributed by atoms with E-state index in [1.807, 2.05) is 30.3 Å². The maximum atomic E-state index is 10.7. The lowest BCUT2D eigenvalue weighted by molar-refractivity contribution is -0.384. The van der Waals surface area contributed by atoms with E-state index in [9.17, 15) is 10.1 Å². The first-order valence-corrected chi connectivity index (χ1v) is 6.67. The van der Waals surface area contributed by atoms with Crippen LogP contribution in [-0.2, 0) is 0 Å². The summed E-state index contributed by atoms with van der Waals surface area (Å²) < 4.78 is 0. The fourth-order valence-corrected chi connectivity index (χ4v) is 1.85. The van der Waals surface area contributed by atoms with Crippen LogP contribution in [0.1, 0.15) is 0 Å². The maximum Gasteiger partial charge on any atom is 0.271 e. The van der Waals surface area contributed by atoms with Gasteiger partial charge in [0.25, 0.3) is 5.69 Å². The third-order valence-electron chi connectivity index (χ3n) is 2.50. The molecule has 0 bridgehead atoms. The number of halogens is 1. The van der Waals surface area contributed by atoms with E-state index in [0.717, 1.165) is 5.69 Å². The Bertz CT molecular complexity index is 666. The van der Waals surface area contributed by atoms with Crippen LogP contribution in [0.25, 0.3) is 0 Å². The third kappa shape index (κ3) is 4.30. The van der Waals surface area contributed by atoms with Crippen molar-refractivity contribution in [3.63, 3.8) is 0 Å². The molecule has 108 valence electrons. The number of hydrogen-bond donors (Lipinski definition) is 3. The highest BCUT2D eigenvalue weighted by Gasteiger charge is 2.10. The molecule has 21 heavy (non-hydrogen) atoms. The summed E-state index contributed by atoms with van der Waals surface area (Å²) in [5.74, 6) is 0. The number of hydrogen-bond acceptors (Lipinski definition) is 4. The number of rotatable bonds is 4. The zero-order valence-electron chi connectivity index (χ0n) is 10.7. The van der Waals surface area contributed by atoms with Crippen molar-refractivity contribution >= 4 is 46.0 Å². The Hall–Kier alpha value is -2.38. The molecule has 0 saturated heterocycles. The fourth-order valence-electron chi connectivity index (χ4n) is 1.53. The van der Waals surface area contributed by atoms with Crippen molar-refractivity contribution in [3.8, 4) is 0 Å². The Morgan fingerprint density at radius 3 is 2.57 bits per heavy atom. The summed E-state index contributed by atoms with van der Waals surface area (Å²) in [6.45, 7) is 0. The van der Waals surface area contributed by atoms with Crippen molar-refractivity contribution < 1.29 is 4.92 Å². The Labute approximate surface area is 131 Å². The summed E-state index contributed by atoms with van der Waals surface area (Å²) in [6, 6.07) is 13.4. The second-order valence-electron chi connectivity index (χ2n) is 3.99. The molecule has 2 aromatic carbocycles. The van der Waals surface area contributed by atoms with Gasteiger partial charge in [0.1, 0.15) is 0 Å². The van der Waals surface area contributed by atoms with Gasteiger partial charge < -0.3 is 5.32 Å². The fraction of sp³-hybridized carbons (Fsp3) is 0. The normalized spacial score (nSPS) is 9.76. The SMILES string of the molecule is O=[N+]([O-])c1ccc(Cl)c(NC(=S)NNc2ccccc2)c1. The molecule has 6 nitrogen and oxygen atoms in total. The summed E-state index contributed by atoms with van der Waals surface area (Å²) in [6.07, 6.45) is 0. The van der Waals surface area contributed by atoms with E-state index in [4.69, 9.17) is 23.8 Å². The maximum absolute atomic E-state index is 10.7. The summed E-state index contributed by atoms with van der Waals surface area (Å²) in [5.41, 5.74) is 6.77. The monoisotopic (exact) mass is 322 g/mol. The van der Waals surface area contributed by atoms with Crippen molar-refractivity contribution in [2.75, 3.05) is 10.7 Å². The third-order valence-corrected chi connectivity index (χ3v) is 3.04. The van der Waals surface area contributed by atoms with Crippen LogP contribution in [-0.4, -0.2) is 10.0 Å². The van der Waals surface area contributed by atoms with Crippen molar-refractivity contribution in [2.24, 2.45) is 0 Å². The van der Waals surface area contributed by atoms with Gasteiger partial charge in [-0.2, -0.15) is 0 Å². The summed E-state index contributed by atoms with van der Waals surface area (Å²) in [4.78, 5) is 10.2. The zero-order valence-corrected chi connectivity index (χ0v) is 12.2. The van der Waals surface area contributed by atoms with Gasteiger partial charge in [0.15, 0.2) is 5.11 Å². The van der Waals surface area contributed by atoms with Gasteiger partial charge >= 0.3 is 0 Å². The summed E-state index contributed by atoms with van der Waals surface area (Å²) in [7, 11) is 0. The number of para-hydroxylation sites is 1. The number of benzene rings is 2. The number of nitrogens with zero attached hydrogens (tertiary/aromatic N) is 1. The molecule has 0 spiro atoms. The van der Waals surface area contributed by atoms with Crippen molar-refractivity contribution in [2.45, 2.75) is 0 Å². The average molecular weight is 323 g/mol. The molecule has 0 atom stereocenters. The quantitative estimate of drug-likeness (QED) is 0.454. The minimum atomic E-state index is -0.500. The number of nitrogens with one attached hydrogen (secondary N) is 3. The number of nitro groups is 1. The van der Waals surface area contributed by atoms with Crippen LogP contribution in [0.5, 0.6) is 0 Å². The predicted octanol–water partition coefficient (Wildman–Crippen LogP) is 3.56. The second kappa shape index (κ2) is 6.87. The van der Waals surface area contributed by atoms with Gasteiger partial charge in [-0.3, -0.25) is 21.0 Å². The lowest BCUT2D eigenvalue weighted by atomic mass is 10.3. The highest BCUT2D eigenvalue weighted by molar-refractivity contribution is 7.80. The van der Waals surface area contributed by atoms with E-state index in [-0.39, 0.29) is 10.8 Å². The molecular weight excluding hydrogens is 312 g/mol. The Morgan fingerprint density at radius 2 is 1.90 bits per heavy atom. The molecule has 0 fully saturated rings. The number of hydrazine groups is 1. The summed E-state index contributed by atoms with van der Waals surface area (Å²) in [5, 5.41) is 14.1. The lowest BCUT2D eigenvalue weighted by Gasteiger charge is -2.13. The van der Waals surface area contributed by atoms with Crippen LogP contribution >= 0.6 is 23.8 Å². The zero-order chi connectivity index (χ0) is 15.2. The minimum absolute atomic E-state index is 0.0688. The largest absolute Gasteiger partial charge is 0.330 e. The minimum Gasteiger partial charge on any atom is -0.330 e. The van der Waals surface area contributed by atoms with E-state index in [1.165, 1.54) is 18.2 Å². The molecule has 0 amide bonds. The highest BCUT2D eigenvalue weighted by Crippen LogP contribution is 2.26. The molecule has 0 aliphatic heterocycles. The van der Waals surface area contributed by atoms with Crippen LogP contribution in [0.15, 0.2) is 48.5 Å². The van der Waals surface area contributed by atoms with E-state index < -0.39 is 4.92 Å². The molecule has 3 N–H and O–H groups in total. The first-order chi connectivity index (χ1) is 10.1. The Kier molecular flexibility index (Phi) is 4.91. The molecule has 0 aliphatic rings. The van der Waals surface area contributed by atoms with Gasteiger partial charge in [-0.15, -0.1) is 0 Å². The first kappa shape index (κ1) is 15.0. The molecule has 0 saturated carbocycles. The molecule has 8 heteroatoms.